The Morgan fingerprint density at radius 3 is 2.64 bits per heavy atom. The van der Waals surface area contributed by atoms with Gasteiger partial charge in [0.05, 0.1) is 0 Å². The summed E-state index contributed by atoms with van der Waals surface area (Å²) in [5.41, 5.74) is 2.83. The molecule has 0 aliphatic carbocycles. The molecule has 1 aliphatic rings. The van der Waals surface area contributed by atoms with Crippen molar-refractivity contribution in [3.63, 3.8) is 0 Å². The topological polar surface area (TPSA) is 3.24 Å². The molecule has 0 amide bonds. The molecule has 0 N–H and O–H groups in total. The minimum absolute atomic E-state index is 0.580. The highest BCUT2D eigenvalue weighted by Gasteiger charge is 2.20. The van der Waals surface area contributed by atoms with Gasteiger partial charge in [-0.25, -0.2) is 0 Å². The average molecular weight is 191 g/mol. The number of likely N-dealkylation sites (tertiary alicyclic amines) is 1. The molecule has 0 saturated carbocycles. The number of rotatable bonds is 2. The van der Waals surface area contributed by atoms with Crippen molar-refractivity contribution in [1.29, 1.82) is 0 Å². The first-order chi connectivity index (χ1) is 6.70. The summed E-state index contributed by atoms with van der Waals surface area (Å²) in [5, 5.41) is 0. The van der Waals surface area contributed by atoms with Crippen LogP contribution in [0.15, 0.2) is 36.1 Å². The normalized spacial score (nSPS) is 23.6. The first kappa shape index (κ1) is 11.1. The lowest BCUT2D eigenvalue weighted by molar-refractivity contribution is 0.266. The maximum absolute atomic E-state index is 3.79. The second-order valence-electron chi connectivity index (χ2n) is 3.99. The fourth-order valence-corrected chi connectivity index (χ4v) is 2.02. The summed E-state index contributed by atoms with van der Waals surface area (Å²) in [4.78, 5) is 2.46. The van der Waals surface area contributed by atoms with Crippen LogP contribution in [0.3, 0.4) is 0 Å². The van der Waals surface area contributed by atoms with Crippen molar-refractivity contribution in [3.05, 3.63) is 36.1 Å². The molecule has 1 rings (SSSR count). The molecule has 1 aliphatic heterocycles. The summed E-state index contributed by atoms with van der Waals surface area (Å²) < 4.78 is 0. The van der Waals surface area contributed by atoms with Crippen LogP contribution < -0.4 is 0 Å². The molecule has 1 saturated heterocycles. The Bertz CT molecular complexity index is 258. The van der Waals surface area contributed by atoms with E-state index in [2.05, 4.69) is 44.4 Å². The van der Waals surface area contributed by atoms with Gasteiger partial charge in [0.2, 0.25) is 0 Å². The van der Waals surface area contributed by atoms with Gasteiger partial charge in [0.1, 0.15) is 0 Å². The van der Waals surface area contributed by atoms with Crippen LogP contribution in [0.2, 0.25) is 0 Å². The Kier molecular flexibility index (Phi) is 3.99. The molecule has 14 heavy (non-hydrogen) atoms. The smallest absolute Gasteiger partial charge is 0.0397 e. The fourth-order valence-electron chi connectivity index (χ4n) is 2.02. The fraction of sp³-hybridized carbons (Fsp3) is 0.538. The van der Waals surface area contributed by atoms with Crippen LogP contribution in [-0.2, 0) is 0 Å². The highest BCUT2D eigenvalue weighted by Crippen LogP contribution is 2.27. The third-order valence-corrected chi connectivity index (χ3v) is 2.73. The summed E-state index contributed by atoms with van der Waals surface area (Å²) in [6.45, 7) is 11.6. The van der Waals surface area contributed by atoms with Gasteiger partial charge in [-0.05, 0) is 45.3 Å². The average Bonchev–Trinajstić information content (AvgIpc) is 2.18. The molecule has 0 atom stereocenters. The number of hydrogen-bond donors (Lipinski definition) is 0. The Hall–Kier alpha value is -0.980. The van der Waals surface area contributed by atoms with Gasteiger partial charge in [-0.3, -0.25) is 0 Å². The first-order valence-corrected chi connectivity index (χ1v) is 5.45. The van der Waals surface area contributed by atoms with E-state index in [1.54, 1.807) is 0 Å². The van der Waals surface area contributed by atoms with Crippen molar-refractivity contribution < 1.29 is 0 Å². The predicted molar refractivity (Wildman–Crippen MR) is 63.1 cm³/mol. The summed E-state index contributed by atoms with van der Waals surface area (Å²) in [6, 6.07) is 0.580. The van der Waals surface area contributed by atoms with Crippen LogP contribution in [0.5, 0.6) is 0 Å². The summed E-state index contributed by atoms with van der Waals surface area (Å²) in [5.74, 6) is 0. The van der Waals surface area contributed by atoms with Crippen molar-refractivity contribution in [3.8, 4) is 0 Å². The van der Waals surface area contributed by atoms with E-state index in [4.69, 9.17) is 0 Å². The molecular formula is C13H21N. The van der Waals surface area contributed by atoms with E-state index < -0.39 is 0 Å². The molecular weight excluding hydrogens is 170 g/mol. The lowest BCUT2D eigenvalue weighted by atomic mass is 9.98. The minimum atomic E-state index is 0.580. The Labute approximate surface area is 87.8 Å². The summed E-state index contributed by atoms with van der Waals surface area (Å²) >= 11 is 0. The van der Waals surface area contributed by atoms with Crippen molar-refractivity contribution in [2.45, 2.75) is 39.7 Å². The van der Waals surface area contributed by atoms with E-state index in [-0.39, 0.29) is 0 Å². The van der Waals surface area contributed by atoms with Gasteiger partial charge < -0.3 is 4.90 Å². The zero-order chi connectivity index (χ0) is 10.6. The van der Waals surface area contributed by atoms with Gasteiger partial charge in [0.25, 0.3) is 0 Å². The molecule has 1 nitrogen and oxygen atoms in total. The minimum Gasteiger partial charge on any atom is -0.369 e. The van der Waals surface area contributed by atoms with Crippen molar-refractivity contribution >= 4 is 0 Å². The van der Waals surface area contributed by atoms with Crippen LogP contribution in [0, 0.1) is 0 Å². The maximum Gasteiger partial charge on any atom is 0.0397 e. The van der Waals surface area contributed by atoms with E-state index in [1.807, 2.05) is 6.08 Å². The standard InChI is InChI=1S/C13H21N/c1-5-8-13-12(6-2)9-7-10-14(13)11(3)4/h5-6,8,11H,1,7,9-10H2,2-4H3/b12-6-,13-8?. The molecule has 0 aromatic rings. The van der Waals surface area contributed by atoms with E-state index >= 15 is 0 Å². The molecule has 0 aromatic heterocycles. The summed E-state index contributed by atoms with van der Waals surface area (Å²) in [7, 11) is 0. The van der Waals surface area contributed by atoms with Crippen LogP contribution in [-0.4, -0.2) is 17.5 Å². The highest BCUT2D eigenvalue weighted by atomic mass is 15.2. The molecule has 1 heteroatoms. The van der Waals surface area contributed by atoms with E-state index in [0.717, 1.165) is 0 Å². The van der Waals surface area contributed by atoms with Crippen molar-refractivity contribution in [1.82, 2.24) is 4.90 Å². The van der Waals surface area contributed by atoms with Gasteiger partial charge in [-0.1, -0.05) is 18.7 Å². The van der Waals surface area contributed by atoms with Gasteiger partial charge in [-0.15, -0.1) is 0 Å². The number of hydrogen-bond acceptors (Lipinski definition) is 1. The van der Waals surface area contributed by atoms with E-state index in [9.17, 15) is 0 Å². The van der Waals surface area contributed by atoms with Crippen molar-refractivity contribution in [2.24, 2.45) is 0 Å². The van der Waals surface area contributed by atoms with E-state index in [0.29, 0.717) is 6.04 Å². The van der Waals surface area contributed by atoms with Gasteiger partial charge in [0.15, 0.2) is 0 Å². The monoisotopic (exact) mass is 191 g/mol. The molecule has 0 bridgehead atoms. The van der Waals surface area contributed by atoms with Crippen LogP contribution >= 0.6 is 0 Å². The Morgan fingerprint density at radius 1 is 1.43 bits per heavy atom. The lowest BCUT2D eigenvalue weighted by Crippen LogP contribution is -2.34. The zero-order valence-corrected chi connectivity index (χ0v) is 9.59. The van der Waals surface area contributed by atoms with Gasteiger partial charge >= 0.3 is 0 Å². The largest absolute Gasteiger partial charge is 0.369 e. The first-order valence-electron chi connectivity index (χ1n) is 5.45. The van der Waals surface area contributed by atoms with Gasteiger partial charge in [0, 0.05) is 18.3 Å². The predicted octanol–water partition coefficient (Wildman–Crippen LogP) is 3.51. The lowest BCUT2D eigenvalue weighted by Gasteiger charge is -2.36. The van der Waals surface area contributed by atoms with Crippen molar-refractivity contribution in [2.75, 3.05) is 6.54 Å². The third kappa shape index (κ3) is 2.28. The van der Waals surface area contributed by atoms with E-state index in [1.165, 1.54) is 30.7 Å². The molecule has 0 unspecified atom stereocenters. The van der Waals surface area contributed by atoms with Crippen LogP contribution in [0.1, 0.15) is 33.6 Å². The molecule has 1 fully saturated rings. The van der Waals surface area contributed by atoms with Crippen LogP contribution in [0.4, 0.5) is 0 Å². The number of piperidine rings is 1. The zero-order valence-electron chi connectivity index (χ0n) is 9.59. The Balaban J connectivity index is 2.95. The quantitative estimate of drug-likeness (QED) is 0.645. The molecule has 0 spiro atoms. The SMILES string of the molecule is C=CC=C1/C(=C\C)CCCN1C(C)C. The Morgan fingerprint density at radius 2 is 2.14 bits per heavy atom. The maximum atomic E-state index is 3.79. The second-order valence-corrected chi connectivity index (χ2v) is 3.99. The summed E-state index contributed by atoms with van der Waals surface area (Å²) in [6.07, 6.45) is 8.73. The molecule has 78 valence electrons. The molecule has 1 heterocycles. The second kappa shape index (κ2) is 5.04. The highest BCUT2D eigenvalue weighted by molar-refractivity contribution is 5.34. The van der Waals surface area contributed by atoms with Gasteiger partial charge in [-0.2, -0.15) is 0 Å². The molecule has 0 aromatic carbocycles. The third-order valence-electron chi connectivity index (χ3n) is 2.73. The van der Waals surface area contributed by atoms with Crippen LogP contribution in [0.25, 0.3) is 0 Å². The number of nitrogens with zero attached hydrogens (tertiary/aromatic N) is 1. The number of allylic oxidation sites excluding steroid dienone is 4. The molecule has 0 radical (unpaired) electrons.